The van der Waals surface area contributed by atoms with Crippen LogP contribution in [0.1, 0.15) is 30.4 Å². The normalized spacial score (nSPS) is 10.7. The first-order chi connectivity index (χ1) is 9.02. The van der Waals surface area contributed by atoms with E-state index in [0.29, 0.717) is 0 Å². The lowest BCUT2D eigenvalue weighted by Gasteiger charge is -2.11. The minimum atomic E-state index is -1.02. The van der Waals surface area contributed by atoms with E-state index < -0.39 is 5.97 Å². The van der Waals surface area contributed by atoms with Gasteiger partial charge in [0.1, 0.15) is 5.75 Å². The van der Waals surface area contributed by atoms with Crippen LogP contribution in [0.5, 0.6) is 5.75 Å². The fraction of sp³-hybridized carbons (Fsp3) is 0.286. The molecule has 0 aliphatic rings. The van der Waals surface area contributed by atoms with Gasteiger partial charge in [0.2, 0.25) is 0 Å². The predicted octanol–water partition coefficient (Wildman–Crippen LogP) is 2.84. The van der Waals surface area contributed by atoms with Crippen LogP contribution < -0.4 is 4.74 Å². The Morgan fingerprint density at radius 3 is 2.42 bits per heavy atom. The largest absolute Gasteiger partial charge is 0.497 e. The molecule has 0 radical (unpaired) electrons. The minimum absolute atomic E-state index is 0.0551. The first-order valence-corrected chi connectivity index (χ1v) is 6.00. The molecule has 5 heteroatoms. The lowest BCUT2D eigenvalue weighted by Crippen LogP contribution is -2.06. The first kappa shape index (κ1) is 13.1. The molecule has 1 N–H and O–H groups in total. The highest BCUT2D eigenvalue weighted by Gasteiger charge is 2.16. The average molecular weight is 260 g/mol. The van der Waals surface area contributed by atoms with E-state index in [0.717, 1.165) is 17.0 Å². The second-order valence-electron chi connectivity index (χ2n) is 4.49. The van der Waals surface area contributed by atoms with Crippen molar-refractivity contribution in [3.63, 3.8) is 0 Å². The van der Waals surface area contributed by atoms with Crippen molar-refractivity contribution >= 4 is 5.97 Å². The number of aromatic carboxylic acids is 1. The van der Waals surface area contributed by atoms with Gasteiger partial charge in [0.05, 0.1) is 12.8 Å². The van der Waals surface area contributed by atoms with Crippen LogP contribution in [0.4, 0.5) is 0 Å². The van der Waals surface area contributed by atoms with E-state index in [2.05, 4.69) is 5.10 Å². The molecule has 0 saturated carbocycles. The van der Waals surface area contributed by atoms with Crippen LogP contribution in [-0.2, 0) is 0 Å². The molecule has 19 heavy (non-hydrogen) atoms. The van der Waals surface area contributed by atoms with Crippen molar-refractivity contribution in [1.82, 2.24) is 9.78 Å². The summed E-state index contributed by atoms with van der Waals surface area (Å²) < 4.78 is 6.82. The van der Waals surface area contributed by atoms with E-state index >= 15 is 0 Å². The molecule has 2 aromatic rings. The van der Waals surface area contributed by atoms with Crippen LogP contribution in [0.15, 0.2) is 30.3 Å². The Morgan fingerprint density at radius 2 is 1.95 bits per heavy atom. The van der Waals surface area contributed by atoms with Crippen LogP contribution in [0.25, 0.3) is 11.3 Å². The Kier molecular flexibility index (Phi) is 3.55. The molecule has 1 aromatic carbocycles. The molecular weight excluding hydrogens is 244 g/mol. The summed E-state index contributed by atoms with van der Waals surface area (Å²) in [5.41, 5.74) is 1.75. The van der Waals surface area contributed by atoms with Gasteiger partial charge < -0.3 is 9.84 Å². The van der Waals surface area contributed by atoms with Crippen molar-refractivity contribution in [1.29, 1.82) is 0 Å². The number of methoxy groups -OCH3 is 1. The summed E-state index contributed by atoms with van der Waals surface area (Å²) in [6.07, 6.45) is 0. The van der Waals surface area contributed by atoms with E-state index in [1.165, 1.54) is 0 Å². The van der Waals surface area contributed by atoms with Crippen LogP contribution in [0, 0.1) is 0 Å². The summed E-state index contributed by atoms with van der Waals surface area (Å²) in [5.74, 6) is -0.257. The predicted molar refractivity (Wildman–Crippen MR) is 71.6 cm³/mol. The van der Waals surface area contributed by atoms with Gasteiger partial charge in [-0.1, -0.05) is 0 Å². The maximum atomic E-state index is 11.0. The highest BCUT2D eigenvalue weighted by Crippen LogP contribution is 2.25. The Morgan fingerprint density at radius 1 is 1.32 bits per heavy atom. The van der Waals surface area contributed by atoms with Crippen LogP contribution in [0.3, 0.4) is 0 Å². The van der Waals surface area contributed by atoms with Gasteiger partial charge >= 0.3 is 5.97 Å². The molecule has 0 unspecified atom stereocenters. The van der Waals surface area contributed by atoms with E-state index in [9.17, 15) is 4.79 Å². The quantitative estimate of drug-likeness (QED) is 0.918. The van der Waals surface area contributed by atoms with Crippen LogP contribution >= 0.6 is 0 Å². The summed E-state index contributed by atoms with van der Waals surface area (Å²) >= 11 is 0. The van der Waals surface area contributed by atoms with Crippen molar-refractivity contribution in [2.75, 3.05) is 7.11 Å². The van der Waals surface area contributed by atoms with E-state index in [1.807, 2.05) is 38.1 Å². The number of ether oxygens (including phenoxy) is 1. The van der Waals surface area contributed by atoms with Gasteiger partial charge in [0, 0.05) is 11.6 Å². The first-order valence-electron chi connectivity index (χ1n) is 6.00. The molecule has 1 heterocycles. The highest BCUT2D eigenvalue weighted by molar-refractivity contribution is 5.87. The third-order valence-electron chi connectivity index (χ3n) is 2.83. The molecule has 0 amide bonds. The van der Waals surface area contributed by atoms with Crippen LogP contribution in [0.2, 0.25) is 0 Å². The number of rotatable bonds is 4. The molecule has 0 saturated heterocycles. The maximum absolute atomic E-state index is 11.0. The summed E-state index contributed by atoms with van der Waals surface area (Å²) in [6.45, 7) is 3.93. The van der Waals surface area contributed by atoms with Gasteiger partial charge in [0.15, 0.2) is 5.69 Å². The lowest BCUT2D eigenvalue weighted by atomic mass is 10.1. The number of carboxylic acid groups (broad SMARTS) is 1. The van der Waals surface area contributed by atoms with E-state index in [-0.39, 0.29) is 11.7 Å². The summed E-state index contributed by atoms with van der Waals surface area (Å²) in [7, 11) is 1.61. The van der Waals surface area contributed by atoms with Crippen molar-refractivity contribution in [3.05, 3.63) is 36.0 Å². The average Bonchev–Trinajstić information content (AvgIpc) is 2.84. The van der Waals surface area contributed by atoms with E-state index in [4.69, 9.17) is 9.84 Å². The Labute approximate surface area is 111 Å². The summed E-state index contributed by atoms with van der Waals surface area (Å²) in [4.78, 5) is 11.0. The molecule has 0 bridgehead atoms. The molecule has 1 aromatic heterocycles. The Hall–Kier alpha value is -2.30. The standard InChI is InChI=1S/C14H16N2O3/c1-9(2)16-13(8-12(15-16)14(17)18)10-4-6-11(19-3)7-5-10/h4-9H,1-3H3,(H,17,18). The molecule has 2 rings (SSSR count). The number of hydrogen-bond acceptors (Lipinski definition) is 3. The van der Waals surface area contributed by atoms with Crippen molar-refractivity contribution in [3.8, 4) is 17.0 Å². The zero-order valence-electron chi connectivity index (χ0n) is 11.1. The number of hydrogen-bond donors (Lipinski definition) is 1. The number of nitrogens with zero attached hydrogens (tertiary/aromatic N) is 2. The van der Waals surface area contributed by atoms with Gasteiger partial charge in [-0.15, -0.1) is 0 Å². The van der Waals surface area contributed by atoms with Gasteiger partial charge in [-0.05, 0) is 44.2 Å². The fourth-order valence-electron chi connectivity index (χ4n) is 1.87. The summed E-state index contributed by atoms with van der Waals surface area (Å²) in [6, 6.07) is 9.14. The molecule has 0 aliphatic carbocycles. The third-order valence-corrected chi connectivity index (χ3v) is 2.83. The molecule has 5 nitrogen and oxygen atoms in total. The van der Waals surface area contributed by atoms with E-state index in [1.54, 1.807) is 17.9 Å². The smallest absolute Gasteiger partial charge is 0.356 e. The molecule has 0 aliphatic heterocycles. The maximum Gasteiger partial charge on any atom is 0.356 e. The van der Waals surface area contributed by atoms with Gasteiger partial charge in [-0.25, -0.2) is 4.79 Å². The summed E-state index contributed by atoms with van der Waals surface area (Å²) in [5, 5.41) is 13.2. The molecule has 0 fully saturated rings. The number of benzene rings is 1. The molecule has 0 spiro atoms. The molecular formula is C14H16N2O3. The van der Waals surface area contributed by atoms with Crippen LogP contribution in [-0.4, -0.2) is 28.0 Å². The zero-order valence-corrected chi connectivity index (χ0v) is 11.1. The fourth-order valence-corrected chi connectivity index (χ4v) is 1.87. The van der Waals surface area contributed by atoms with Gasteiger partial charge in [-0.2, -0.15) is 5.10 Å². The molecule has 0 atom stereocenters. The Bertz CT molecular complexity index is 585. The second-order valence-corrected chi connectivity index (χ2v) is 4.49. The third kappa shape index (κ3) is 2.59. The molecule has 100 valence electrons. The number of carbonyl (C=O) groups is 1. The zero-order chi connectivity index (χ0) is 14.0. The SMILES string of the molecule is COc1ccc(-c2cc(C(=O)O)nn2C(C)C)cc1. The highest BCUT2D eigenvalue weighted by atomic mass is 16.5. The monoisotopic (exact) mass is 260 g/mol. The Balaban J connectivity index is 2.49. The van der Waals surface area contributed by atoms with Gasteiger partial charge in [-0.3, -0.25) is 4.68 Å². The second kappa shape index (κ2) is 5.14. The number of aromatic nitrogens is 2. The topological polar surface area (TPSA) is 64.3 Å². The van der Waals surface area contributed by atoms with Crippen molar-refractivity contribution < 1.29 is 14.6 Å². The number of carboxylic acids is 1. The van der Waals surface area contributed by atoms with Crippen molar-refractivity contribution in [2.45, 2.75) is 19.9 Å². The van der Waals surface area contributed by atoms with Gasteiger partial charge in [0.25, 0.3) is 0 Å². The minimum Gasteiger partial charge on any atom is -0.497 e. The van der Waals surface area contributed by atoms with Crippen molar-refractivity contribution in [2.24, 2.45) is 0 Å². The lowest BCUT2D eigenvalue weighted by molar-refractivity contribution is 0.0689.